The van der Waals surface area contributed by atoms with Crippen LogP contribution in [-0.2, 0) is 18.9 Å². The fourth-order valence-electron chi connectivity index (χ4n) is 1.97. The van der Waals surface area contributed by atoms with E-state index in [1.165, 1.54) is 0 Å². The summed E-state index contributed by atoms with van der Waals surface area (Å²) in [7, 11) is 0. The molecule has 0 atom stereocenters. The van der Waals surface area contributed by atoms with Gasteiger partial charge in [0.1, 0.15) is 17.8 Å². The minimum absolute atomic E-state index is 0.160. The number of carbonyl (C=O) groups is 2. The second-order valence-corrected chi connectivity index (χ2v) is 5.78. The van der Waals surface area contributed by atoms with Crippen LogP contribution in [0.3, 0.4) is 0 Å². The molecule has 0 unspecified atom stereocenters. The van der Waals surface area contributed by atoms with E-state index in [1.54, 1.807) is 27.7 Å². The van der Waals surface area contributed by atoms with E-state index in [9.17, 15) is 9.59 Å². The topological polar surface area (TPSA) is 71.1 Å². The van der Waals surface area contributed by atoms with Crippen LogP contribution in [0.25, 0.3) is 0 Å². The fraction of sp³-hybridized carbons (Fsp3) is 0.857. The summed E-state index contributed by atoms with van der Waals surface area (Å²) in [5.41, 5.74) is -0.554. The van der Waals surface area contributed by atoms with Crippen molar-refractivity contribution in [2.45, 2.75) is 71.2 Å². The van der Waals surface area contributed by atoms with E-state index in [0.29, 0.717) is 32.3 Å². The lowest BCUT2D eigenvalue weighted by atomic mass is 9.95. The van der Waals surface area contributed by atoms with Crippen molar-refractivity contribution in [3.05, 3.63) is 0 Å². The molecule has 0 bridgehead atoms. The molecule has 1 aliphatic carbocycles. The van der Waals surface area contributed by atoms with Crippen molar-refractivity contribution in [2.75, 3.05) is 6.61 Å². The van der Waals surface area contributed by atoms with Crippen LogP contribution >= 0.6 is 0 Å². The highest BCUT2D eigenvalue weighted by Crippen LogP contribution is 2.24. The van der Waals surface area contributed by atoms with Gasteiger partial charge in [0.15, 0.2) is 0 Å². The highest BCUT2D eigenvalue weighted by molar-refractivity contribution is 5.61. The summed E-state index contributed by atoms with van der Waals surface area (Å²) in [4.78, 5) is 22.7. The monoisotopic (exact) mass is 288 g/mol. The molecule has 1 saturated carbocycles. The van der Waals surface area contributed by atoms with Crippen LogP contribution in [0.15, 0.2) is 0 Å². The van der Waals surface area contributed by atoms with E-state index in [-0.39, 0.29) is 12.2 Å². The highest BCUT2D eigenvalue weighted by atomic mass is 16.7. The Balaban J connectivity index is 2.25. The van der Waals surface area contributed by atoms with Crippen LogP contribution in [0, 0.1) is 0 Å². The molecule has 0 saturated heterocycles. The first-order valence-corrected chi connectivity index (χ1v) is 7.03. The van der Waals surface area contributed by atoms with Crippen LogP contribution in [0.1, 0.15) is 53.4 Å². The molecule has 0 radical (unpaired) electrons. The van der Waals surface area contributed by atoms with Crippen molar-refractivity contribution in [1.82, 2.24) is 0 Å². The number of rotatable bonds is 3. The molecule has 20 heavy (non-hydrogen) atoms. The largest absolute Gasteiger partial charge is 0.509 e. The van der Waals surface area contributed by atoms with Crippen molar-refractivity contribution in [1.29, 1.82) is 0 Å². The Bertz CT molecular complexity index is 325. The quantitative estimate of drug-likeness (QED) is 0.741. The molecule has 0 aliphatic heterocycles. The van der Waals surface area contributed by atoms with Crippen LogP contribution in [0.5, 0.6) is 0 Å². The maximum atomic E-state index is 11.5. The molecule has 0 amide bonds. The number of ether oxygens (including phenoxy) is 4. The third-order valence-electron chi connectivity index (χ3n) is 2.80. The third kappa shape index (κ3) is 6.63. The van der Waals surface area contributed by atoms with E-state index in [0.717, 1.165) is 0 Å². The summed E-state index contributed by atoms with van der Waals surface area (Å²) < 4.78 is 20.2. The lowest BCUT2D eigenvalue weighted by Gasteiger charge is -2.28. The van der Waals surface area contributed by atoms with Gasteiger partial charge in [-0.05, 0) is 53.4 Å². The number of carbonyl (C=O) groups excluding carboxylic acids is 2. The number of hydrogen-bond donors (Lipinski definition) is 0. The van der Waals surface area contributed by atoms with Gasteiger partial charge in [-0.3, -0.25) is 0 Å². The van der Waals surface area contributed by atoms with Gasteiger partial charge in [0.25, 0.3) is 0 Å². The van der Waals surface area contributed by atoms with Gasteiger partial charge in [-0.1, -0.05) is 0 Å². The Morgan fingerprint density at radius 3 is 1.80 bits per heavy atom. The van der Waals surface area contributed by atoms with Crippen molar-refractivity contribution in [3.8, 4) is 0 Å². The molecule has 0 spiro atoms. The minimum Gasteiger partial charge on any atom is -0.435 e. The molecule has 0 aromatic carbocycles. The molecule has 0 heterocycles. The molecule has 1 rings (SSSR count). The predicted octanol–water partition coefficient (Wildman–Crippen LogP) is 3.42. The molecule has 6 heteroatoms. The van der Waals surface area contributed by atoms with Crippen LogP contribution in [0.4, 0.5) is 9.59 Å². The summed E-state index contributed by atoms with van der Waals surface area (Å²) in [6.07, 6.45) is 1.02. The van der Waals surface area contributed by atoms with Crippen molar-refractivity contribution in [3.63, 3.8) is 0 Å². The Morgan fingerprint density at radius 2 is 1.40 bits per heavy atom. The Hall–Kier alpha value is -1.46. The lowest BCUT2D eigenvalue weighted by Crippen LogP contribution is -2.32. The smallest absolute Gasteiger partial charge is 0.435 e. The van der Waals surface area contributed by atoms with E-state index in [4.69, 9.17) is 18.9 Å². The first-order valence-electron chi connectivity index (χ1n) is 7.03. The van der Waals surface area contributed by atoms with Crippen LogP contribution in [0.2, 0.25) is 0 Å². The van der Waals surface area contributed by atoms with Crippen LogP contribution in [-0.4, -0.2) is 36.7 Å². The second-order valence-electron chi connectivity index (χ2n) is 5.78. The molecular formula is C14H24O6. The van der Waals surface area contributed by atoms with Gasteiger partial charge in [0.05, 0.1) is 6.61 Å². The summed E-state index contributed by atoms with van der Waals surface area (Å²) in [6, 6.07) is 0. The molecular weight excluding hydrogens is 264 g/mol. The molecule has 0 N–H and O–H groups in total. The van der Waals surface area contributed by atoms with Crippen molar-refractivity contribution in [2.24, 2.45) is 0 Å². The Labute approximate surface area is 119 Å². The molecule has 6 nitrogen and oxygen atoms in total. The van der Waals surface area contributed by atoms with Gasteiger partial charge in [0.2, 0.25) is 0 Å². The number of hydrogen-bond acceptors (Lipinski definition) is 6. The summed E-state index contributed by atoms with van der Waals surface area (Å²) >= 11 is 0. The first kappa shape index (κ1) is 16.6. The SMILES string of the molecule is CCOC(=O)OC1CCC(OC(=O)OC(C)(C)C)CC1. The van der Waals surface area contributed by atoms with Gasteiger partial charge in [-0.2, -0.15) is 0 Å². The zero-order valence-electron chi connectivity index (χ0n) is 12.6. The summed E-state index contributed by atoms with van der Waals surface area (Å²) in [5.74, 6) is 0. The molecule has 1 aliphatic rings. The molecule has 0 aromatic heterocycles. The standard InChI is InChI=1S/C14H24O6/c1-5-17-12(15)18-10-6-8-11(9-7-10)19-13(16)20-14(2,3)4/h10-11H,5-9H2,1-4H3. The van der Waals surface area contributed by atoms with Gasteiger partial charge in [-0.15, -0.1) is 0 Å². The van der Waals surface area contributed by atoms with Crippen molar-refractivity contribution >= 4 is 12.3 Å². The molecule has 116 valence electrons. The van der Waals surface area contributed by atoms with Crippen LogP contribution < -0.4 is 0 Å². The Kier molecular flexibility index (Phi) is 6.10. The molecule has 0 aromatic rings. The second kappa shape index (κ2) is 7.36. The van der Waals surface area contributed by atoms with E-state index in [2.05, 4.69) is 0 Å². The third-order valence-corrected chi connectivity index (χ3v) is 2.80. The summed E-state index contributed by atoms with van der Waals surface area (Å²) in [5, 5.41) is 0. The summed E-state index contributed by atoms with van der Waals surface area (Å²) in [6.45, 7) is 7.40. The maximum Gasteiger partial charge on any atom is 0.509 e. The normalized spacial score (nSPS) is 22.8. The predicted molar refractivity (Wildman–Crippen MR) is 71.5 cm³/mol. The average molecular weight is 288 g/mol. The average Bonchev–Trinajstić information content (AvgIpc) is 2.29. The lowest BCUT2D eigenvalue weighted by molar-refractivity contribution is -0.0490. The van der Waals surface area contributed by atoms with E-state index >= 15 is 0 Å². The van der Waals surface area contributed by atoms with Gasteiger partial charge >= 0.3 is 12.3 Å². The Morgan fingerprint density at radius 1 is 0.950 bits per heavy atom. The molecule has 1 fully saturated rings. The fourth-order valence-corrected chi connectivity index (χ4v) is 1.97. The van der Waals surface area contributed by atoms with Gasteiger partial charge < -0.3 is 18.9 Å². The van der Waals surface area contributed by atoms with E-state index in [1.807, 2.05) is 0 Å². The van der Waals surface area contributed by atoms with Crippen molar-refractivity contribution < 1.29 is 28.5 Å². The first-order chi connectivity index (χ1) is 9.30. The van der Waals surface area contributed by atoms with Gasteiger partial charge in [0, 0.05) is 0 Å². The zero-order valence-corrected chi connectivity index (χ0v) is 12.6. The zero-order chi connectivity index (χ0) is 15.2. The van der Waals surface area contributed by atoms with E-state index < -0.39 is 17.9 Å². The minimum atomic E-state index is -0.646. The maximum absolute atomic E-state index is 11.5. The van der Waals surface area contributed by atoms with Gasteiger partial charge in [-0.25, -0.2) is 9.59 Å². The highest BCUT2D eigenvalue weighted by Gasteiger charge is 2.28.